The molecule has 0 radical (unpaired) electrons. The van der Waals surface area contributed by atoms with Gasteiger partial charge in [0.2, 0.25) is 12.0 Å². The van der Waals surface area contributed by atoms with Crippen molar-refractivity contribution in [3.05, 3.63) is 35.9 Å². The molecule has 0 bridgehead atoms. The number of carbonyl (C=O) groups excluding carboxylic acids is 2. The lowest BCUT2D eigenvalue weighted by Gasteiger charge is -1.92. The molecule has 1 aromatic rings. The van der Waals surface area contributed by atoms with E-state index in [0.29, 0.717) is 5.69 Å². The van der Waals surface area contributed by atoms with Gasteiger partial charge in [-0.1, -0.05) is 12.1 Å². The van der Waals surface area contributed by atoms with Gasteiger partial charge in [0.1, 0.15) is 0 Å². The zero-order valence-corrected chi connectivity index (χ0v) is 7.31. The van der Waals surface area contributed by atoms with Crippen molar-refractivity contribution in [1.29, 1.82) is 0 Å². The highest BCUT2D eigenvalue weighted by molar-refractivity contribution is 5.90. The maximum Gasteiger partial charge on any atom is 0.241 e. The summed E-state index contributed by atoms with van der Waals surface area (Å²) < 4.78 is 0. The highest BCUT2D eigenvalue weighted by Gasteiger charge is 1.90. The molecule has 4 nitrogen and oxygen atoms in total. The fourth-order valence-electron chi connectivity index (χ4n) is 0.891. The molecular weight excluding hydrogens is 180 g/mol. The van der Waals surface area contributed by atoms with Crippen LogP contribution in [0.2, 0.25) is 0 Å². The monoisotopic (exact) mass is 188 g/mol. The third-order valence-corrected chi connectivity index (χ3v) is 1.51. The Hall–Kier alpha value is -2.19. The van der Waals surface area contributed by atoms with Crippen LogP contribution in [0.15, 0.2) is 35.3 Å². The van der Waals surface area contributed by atoms with Gasteiger partial charge in [-0.15, -0.1) is 0 Å². The summed E-state index contributed by atoms with van der Waals surface area (Å²) in [6.45, 7) is 0. The van der Waals surface area contributed by atoms with Crippen LogP contribution in [0.1, 0.15) is 5.56 Å². The van der Waals surface area contributed by atoms with Crippen LogP contribution < -0.4 is 5.73 Å². The summed E-state index contributed by atoms with van der Waals surface area (Å²) in [6.07, 6.45) is 4.28. The molecule has 0 aliphatic carbocycles. The minimum atomic E-state index is -0.500. The van der Waals surface area contributed by atoms with Crippen molar-refractivity contribution in [3.8, 4) is 0 Å². The van der Waals surface area contributed by atoms with Crippen LogP contribution in [-0.2, 0) is 9.59 Å². The van der Waals surface area contributed by atoms with Gasteiger partial charge < -0.3 is 5.73 Å². The first-order valence-electron chi connectivity index (χ1n) is 3.88. The first-order valence-corrected chi connectivity index (χ1v) is 3.88. The number of nitrogens with two attached hydrogens (primary N) is 1. The Morgan fingerprint density at radius 2 is 2.00 bits per heavy atom. The average molecular weight is 188 g/mol. The molecule has 4 heteroatoms. The highest BCUT2D eigenvalue weighted by Crippen LogP contribution is 2.12. The van der Waals surface area contributed by atoms with E-state index < -0.39 is 5.91 Å². The largest absolute Gasteiger partial charge is 0.366 e. The quantitative estimate of drug-likeness (QED) is 0.439. The van der Waals surface area contributed by atoms with E-state index in [4.69, 9.17) is 5.73 Å². The number of primary amides is 1. The topological polar surface area (TPSA) is 72.5 Å². The first-order chi connectivity index (χ1) is 6.72. The van der Waals surface area contributed by atoms with Gasteiger partial charge in [0.15, 0.2) is 0 Å². The molecule has 70 valence electrons. The summed E-state index contributed by atoms with van der Waals surface area (Å²) in [6, 6.07) is 6.72. The predicted octanol–water partition coefficient (Wildman–Crippen LogP) is 1.15. The molecule has 0 saturated heterocycles. The Labute approximate surface area is 80.8 Å². The number of amides is 1. The predicted molar refractivity (Wildman–Crippen MR) is 52.5 cm³/mol. The zero-order valence-electron chi connectivity index (χ0n) is 7.31. The van der Waals surface area contributed by atoms with Gasteiger partial charge in [-0.3, -0.25) is 4.79 Å². The Bertz CT molecular complexity index is 401. The van der Waals surface area contributed by atoms with Crippen molar-refractivity contribution in [2.24, 2.45) is 10.7 Å². The molecule has 1 aromatic carbocycles. The Kier molecular flexibility index (Phi) is 3.35. The zero-order chi connectivity index (χ0) is 10.4. The van der Waals surface area contributed by atoms with Gasteiger partial charge in [-0.2, -0.15) is 4.99 Å². The lowest BCUT2D eigenvalue weighted by molar-refractivity contribution is -0.113. The van der Waals surface area contributed by atoms with E-state index in [0.717, 1.165) is 5.56 Å². The smallest absolute Gasteiger partial charge is 0.241 e. The molecular formula is C10H8N2O2. The third kappa shape index (κ3) is 3.05. The van der Waals surface area contributed by atoms with Crippen LogP contribution >= 0.6 is 0 Å². The summed E-state index contributed by atoms with van der Waals surface area (Å²) in [5.74, 6) is -0.500. The molecule has 0 aromatic heterocycles. The minimum absolute atomic E-state index is 0.500. The van der Waals surface area contributed by atoms with Crippen LogP contribution in [0.3, 0.4) is 0 Å². The van der Waals surface area contributed by atoms with Gasteiger partial charge in [0, 0.05) is 6.08 Å². The number of rotatable bonds is 3. The van der Waals surface area contributed by atoms with E-state index in [9.17, 15) is 9.59 Å². The lowest BCUT2D eigenvalue weighted by atomic mass is 10.2. The van der Waals surface area contributed by atoms with Crippen LogP contribution in [0.25, 0.3) is 6.08 Å². The fraction of sp³-hybridized carbons (Fsp3) is 0. The SMILES string of the molecule is NC(=O)C=Cc1ccc(N=C=O)cc1. The molecule has 0 heterocycles. The van der Waals surface area contributed by atoms with Crippen molar-refractivity contribution in [2.45, 2.75) is 0 Å². The number of hydrogen-bond acceptors (Lipinski definition) is 3. The molecule has 0 aliphatic rings. The summed E-state index contributed by atoms with van der Waals surface area (Å²) in [5.41, 5.74) is 6.26. The molecule has 0 aliphatic heterocycles. The van der Waals surface area contributed by atoms with Gasteiger partial charge in [0.05, 0.1) is 5.69 Å². The lowest BCUT2D eigenvalue weighted by Crippen LogP contribution is -2.04. The maximum atomic E-state index is 10.4. The molecule has 0 saturated carbocycles. The van der Waals surface area contributed by atoms with Gasteiger partial charge in [-0.05, 0) is 23.8 Å². The fourth-order valence-corrected chi connectivity index (χ4v) is 0.891. The summed E-state index contributed by atoms with van der Waals surface area (Å²) in [7, 11) is 0. The van der Waals surface area contributed by atoms with E-state index in [1.54, 1.807) is 30.3 Å². The van der Waals surface area contributed by atoms with Gasteiger partial charge >= 0.3 is 0 Å². The Morgan fingerprint density at radius 3 is 2.50 bits per heavy atom. The van der Waals surface area contributed by atoms with Crippen LogP contribution in [0.4, 0.5) is 5.69 Å². The maximum absolute atomic E-state index is 10.4. The van der Waals surface area contributed by atoms with Crippen LogP contribution in [0, 0.1) is 0 Å². The van der Waals surface area contributed by atoms with Crippen molar-refractivity contribution in [1.82, 2.24) is 0 Å². The molecule has 0 atom stereocenters. The Morgan fingerprint density at radius 1 is 1.36 bits per heavy atom. The second kappa shape index (κ2) is 4.74. The number of hydrogen-bond donors (Lipinski definition) is 1. The second-order valence-corrected chi connectivity index (χ2v) is 2.53. The molecule has 14 heavy (non-hydrogen) atoms. The summed E-state index contributed by atoms with van der Waals surface area (Å²) >= 11 is 0. The summed E-state index contributed by atoms with van der Waals surface area (Å²) in [4.78, 5) is 23.7. The molecule has 1 rings (SSSR count). The third-order valence-electron chi connectivity index (χ3n) is 1.51. The van der Waals surface area contributed by atoms with Crippen molar-refractivity contribution in [2.75, 3.05) is 0 Å². The van der Waals surface area contributed by atoms with E-state index in [-0.39, 0.29) is 0 Å². The van der Waals surface area contributed by atoms with E-state index in [1.165, 1.54) is 12.2 Å². The molecule has 2 N–H and O–H groups in total. The van der Waals surface area contributed by atoms with Crippen molar-refractivity contribution >= 4 is 23.8 Å². The normalized spacial score (nSPS) is 9.71. The molecule has 0 fully saturated rings. The second-order valence-electron chi connectivity index (χ2n) is 2.53. The summed E-state index contributed by atoms with van der Waals surface area (Å²) in [5, 5.41) is 0. The molecule has 0 unspecified atom stereocenters. The number of benzene rings is 1. The van der Waals surface area contributed by atoms with Crippen LogP contribution in [0.5, 0.6) is 0 Å². The first kappa shape index (κ1) is 9.89. The van der Waals surface area contributed by atoms with Gasteiger partial charge in [-0.25, -0.2) is 4.79 Å². The van der Waals surface area contributed by atoms with E-state index in [2.05, 4.69) is 4.99 Å². The number of carbonyl (C=O) groups is 1. The van der Waals surface area contributed by atoms with Gasteiger partial charge in [0.25, 0.3) is 0 Å². The van der Waals surface area contributed by atoms with E-state index >= 15 is 0 Å². The average Bonchev–Trinajstić information content (AvgIpc) is 2.17. The standard InChI is InChI=1S/C10H8N2O2/c11-10(14)6-3-8-1-4-9(5-2-8)12-7-13/h1-6H,(H2,11,14). The van der Waals surface area contributed by atoms with Crippen molar-refractivity contribution in [3.63, 3.8) is 0 Å². The van der Waals surface area contributed by atoms with Crippen molar-refractivity contribution < 1.29 is 9.59 Å². The molecule has 0 spiro atoms. The number of isocyanates is 1. The highest BCUT2D eigenvalue weighted by atomic mass is 16.1. The molecule has 1 amide bonds. The number of aliphatic imine (C=N–C) groups is 1. The number of nitrogens with zero attached hydrogens (tertiary/aromatic N) is 1. The Balaban J connectivity index is 2.83. The van der Waals surface area contributed by atoms with E-state index in [1.807, 2.05) is 0 Å². The van der Waals surface area contributed by atoms with Crippen LogP contribution in [-0.4, -0.2) is 12.0 Å². The minimum Gasteiger partial charge on any atom is -0.366 e.